The Balaban J connectivity index is 1.55. The third-order valence-corrected chi connectivity index (χ3v) is 7.27. The van der Waals surface area contributed by atoms with E-state index in [1.807, 2.05) is 25.1 Å². The van der Waals surface area contributed by atoms with Gasteiger partial charge < -0.3 is 5.32 Å². The molecule has 27 heavy (non-hydrogen) atoms. The molecular weight excluding hydrogens is 374 g/mol. The molecule has 140 valence electrons. The van der Waals surface area contributed by atoms with Crippen LogP contribution in [0.25, 0.3) is 10.2 Å². The van der Waals surface area contributed by atoms with Gasteiger partial charge in [0.15, 0.2) is 0 Å². The fraction of sp³-hybridized carbons (Fsp3) is 0.381. The number of nitrogens with one attached hydrogen (secondary N) is 1. The van der Waals surface area contributed by atoms with Gasteiger partial charge in [0.25, 0.3) is 0 Å². The van der Waals surface area contributed by atoms with Gasteiger partial charge >= 0.3 is 0 Å². The fourth-order valence-electron chi connectivity index (χ4n) is 3.56. The standard InChI is InChI=1S/C21H23N3OS2/c1-12(2)14-7-4-5-9-16(14)24-19(25)13(3)26-20-18-15-8-6-10-17(15)27-21(18)23-11-22-20/h4-5,7,9,11-13H,6,8,10H2,1-3H3,(H,24,25)/t13-/m1/s1. The summed E-state index contributed by atoms with van der Waals surface area (Å²) in [7, 11) is 0. The van der Waals surface area contributed by atoms with E-state index < -0.39 is 0 Å². The highest BCUT2D eigenvalue weighted by molar-refractivity contribution is 8.00. The van der Waals surface area contributed by atoms with Crippen LogP contribution < -0.4 is 5.32 Å². The second-order valence-electron chi connectivity index (χ2n) is 7.21. The highest BCUT2D eigenvalue weighted by Gasteiger charge is 2.24. The van der Waals surface area contributed by atoms with Crippen LogP contribution in [0.2, 0.25) is 0 Å². The molecule has 1 aliphatic rings. The molecule has 1 amide bonds. The van der Waals surface area contributed by atoms with Crippen molar-refractivity contribution in [2.24, 2.45) is 0 Å². The molecular formula is C21H23N3OS2. The molecule has 0 spiro atoms. The number of amides is 1. The summed E-state index contributed by atoms with van der Waals surface area (Å²) in [6.07, 6.45) is 5.06. The number of aromatic nitrogens is 2. The molecule has 0 bridgehead atoms. The molecule has 0 aliphatic heterocycles. The van der Waals surface area contributed by atoms with Crippen molar-refractivity contribution >= 4 is 44.9 Å². The summed E-state index contributed by atoms with van der Waals surface area (Å²) < 4.78 is 0. The van der Waals surface area contributed by atoms with Gasteiger partial charge in [0.1, 0.15) is 16.2 Å². The van der Waals surface area contributed by atoms with Crippen molar-refractivity contribution in [2.75, 3.05) is 5.32 Å². The molecule has 0 fully saturated rings. The Hall–Kier alpha value is -1.92. The zero-order valence-corrected chi connectivity index (χ0v) is 17.4. The Bertz CT molecular complexity index is 996. The summed E-state index contributed by atoms with van der Waals surface area (Å²) in [6, 6.07) is 8.01. The van der Waals surface area contributed by atoms with E-state index in [1.54, 1.807) is 17.7 Å². The van der Waals surface area contributed by atoms with Crippen molar-refractivity contribution in [1.82, 2.24) is 9.97 Å². The lowest BCUT2D eigenvalue weighted by Gasteiger charge is -2.16. The van der Waals surface area contributed by atoms with Crippen LogP contribution in [0.4, 0.5) is 5.69 Å². The maximum absolute atomic E-state index is 12.8. The van der Waals surface area contributed by atoms with Gasteiger partial charge in [-0.25, -0.2) is 9.97 Å². The van der Waals surface area contributed by atoms with Crippen LogP contribution in [0.5, 0.6) is 0 Å². The number of carbonyl (C=O) groups excluding carboxylic acids is 1. The number of aryl methyl sites for hydroxylation is 2. The fourth-order valence-corrected chi connectivity index (χ4v) is 5.80. The van der Waals surface area contributed by atoms with Crippen LogP contribution >= 0.6 is 23.1 Å². The molecule has 2 aromatic heterocycles. The van der Waals surface area contributed by atoms with Crippen LogP contribution in [0, 0.1) is 0 Å². The topological polar surface area (TPSA) is 54.9 Å². The predicted octanol–water partition coefficient (Wildman–Crippen LogP) is 5.42. The van der Waals surface area contributed by atoms with Crippen molar-refractivity contribution in [1.29, 1.82) is 0 Å². The molecule has 4 nitrogen and oxygen atoms in total. The van der Waals surface area contributed by atoms with Gasteiger partial charge in [-0.2, -0.15) is 0 Å². The van der Waals surface area contributed by atoms with Gasteiger partial charge in [-0.05, 0) is 49.3 Å². The van der Waals surface area contributed by atoms with Crippen molar-refractivity contribution in [3.8, 4) is 0 Å². The average Bonchev–Trinajstić information content (AvgIpc) is 3.23. The second kappa shape index (κ2) is 7.60. The maximum Gasteiger partial charge on any atom is 0.237 e. The van der Waals surface area contributed by atoms with Gasteiger partial charge in [-0.3, -0.25) is 4.79 Å². The number of thiophene rings is 1. The lowest BCUT2D eigenvalue weighted by Crippen LogP contribution is -2.23. The van der Waals surface area contributed by atoms with Gasteiger partial charge in [0.05, 0.1) is 5.25 Å². The molecule has 1 aromatic carbocycles. The van der Waals surface area contributed by atoms with E-state index in [-0.39, 0.29) is 11.2 Å². The molecule has 6 heteroatoms. The van der Waals surface area contributed by atoms with E-state index in [0.29, 0.717) is 5.92 Å². The van der Waals surface area contributed by atoms with Crippen LogP contribution in [0.15, 0.2) is 35.6 Å². The Kier molecular flexibility index (Phi) is 5.19. The molecule has 1 aliphatic carbocycles. The normalized spacial score (nSPS) is 14.5. The number of benzene rings is 1. The minimum absolute atomic E-state index is 0.00624. The van der Waals surface area contributed by atoms with Crippen LogP contribution in [-0.2, 0) is 17.6 Å². The third kappa shape index (κ3) is 3.60. The molecule has 1 N–H and O–H groups in total. The third-order valence-electron chi connectivity index (χ3n) is 4.96. The number of carbonyl (C=O) groups is 1. The summed E-state index contributed by atoms with van der Waals surface area (Å²) in [5, 5.41) is 4.97. The molecule has 0 unspecified atom stereocenters. The van der Waals surface area contributed by atoms with Gasteiger partial charge in [0, 0.05) is 16.0 Å². The van der Waals surface area contributed by atoms with Crippen molar-refractivity contribution in [2.45, 2.75) is 56.2 Å². The van der Waals surface area contributed by atoms with E-state index in [0.717, 1.165) is 33.9 Å². The Labute approximate surface area is 167 Å². The van der Waals surface area contributed by atoms with Crippen LogP contribution in [-0.4, -0.2) is 21.1 Å². The molecule has 4 rings (SSSR count). The Morgan fingerprint density at radius 2 is 2.00 bits per heavy atom. The van der Waals surface area contributed by atoms with E-state index >= 15 is 0 Å². The number of hydrogen-bond donors (Lipinski definition) is 1. The van der Waals surface area contributed by atoms with E-state index in [1.165, 1.54) is 34.0 Å². The minimum atomic E-state index is -0.236. The lowest BCUT2D eigenvalue weighted by atomic mass is 10.0. The first-order valence-corrected chi connectivity index (χ1v) is 11.1. The summed E-state index contributed by atoms with van der Waals surface area (Å²) >= 11 is 3.31. The van der Waals surface area contributed by atoms with E-state index in [4.69, 9.17) is 0 Å². The highest BCUT2D eigenvalue weighted by Crippen LogP contribution is 2.41. The van der Waals surface area contributed by atoms with Crippen LogP contribution in [0.1, 0.15) is 49.1 Å². The molecule has 2 heterocycles. The molecule has 3 aromatic rings. The number of nitrogens with zero attached hydrogens (tertiary/aromatic N) is 2. The number of hydrogen-bond acceptors (Lipinski definition) is 5. The number of rotatable bonds is 5. The molecule has 0 saturated heterocycles. The summed E-state index contributed by atoms with van der Waals surface area (Å²) in [6.45, 7) is 6.22. The zero-order valence-electron chi connectivity index (χ0n) is 15.8. The molecule has 0 saturated carbocycles. The first kappa shape index (κ1) is 18.4. The van der Waals surface area contributed by atoms with Crippen molar-refractivity contribution in [3.05, 3.63) is 46.6 Å². The van der Waals surface area contributed by atoms with Crippen molar-refractivity contribution < 1.29 is 4.79 Å². The first-order valence-electron chi connectivity index (χ1n) is 9.36. The van der Waals surface area contributed by atoms with E-state index in [9.17, 15) is 4.79 Å². The largest absolute Gasteiger partial charge is 0.325 e. The number of fused-ring (bicyclic) bond motifs is 3. The average molecular weight is 398 g/mol. The lowest BCUT2D eigenvalue weighted by molar-refractivity contribution is -0.115. The van der Waals surface area contributed by atoms with Gasteiger partial charge in [-0.1, -0.05) is 43.8 Å². The minimum Gasteiger partial charge on any atom is -0.325 e. The highest BCUT2D eigenvalue weighted by atomic mass is 32.2. The first-order chi connectivity index (χ1) is 13.0. The quantitative estimate of drug-likeness (QED) is 0.461. The number of para-hydroxylation sites is 1. The second-order valence-corrected chi connectivity index (χ2v) is 9.62. The monoisotopic (exact) mass is 397 g/mol. The van der Waals surface area contributed by atoms with Gasteiger partial charge in [-0.15, -0.1) is 11.3 Å². The number of thioether (sulfide) groups is 1. The zero-order chi connectivity index (χ0) is 19.0. The summed E-state index contributed by atoms with van der Waals surface area (Å²) in [5.41, 5.74) is 3.45. The molecule has 0 radical (unpaired) electrons. The Morgan fingerprint density at radius 3 is 2.81 bits per heavy atom. The van der Waals surface area contributed by atoms with Gasteiger partial charge in [0.2, 0.25) is 5.91 Å². The molecule has 1 atom stereocenters. The smallest absolute Gasteiger partial charge is 0.237 e. The Morgan fingerprint density at radius 1 is 1.19 bits per heavy atom. The summed E-state index contributed by atoms with van der Waals surface area (Å²) in [4.78, 5) is 24.3. The van der Waals surface area contributed by atoms with E-state index in [2.05, 4.69) is 35.2 Å². The maximum atomic E-state index is 12.8. The predicted molar refractivity (Wildman–Crippen MR) is 114 cm³/mol. The van der Waals surface area contributed by atoms with Crippen LogP contribution in [0.3, 0.4) is 0 Å². The summed E-state index contributed by atoms with van der Waals surface area (Å²) in [5.74, 6) is 0.367. The SMILES string of the molecule is CC(C)c1ccccc1NC(=O)[C@@H](C)Sc1ncnc2sc3c(c12)CCC3. The number of anilines is 1. The van der Waals surface area contributed by atoms with Crippen molar-refractivity contribution in [3.63, 3.8) is 0 Å².